The lowest BCUT2D eigenvalue weighted by atomic mass is 10.2. The van der Waals surface area contributed by atoms with E-state index >= 15 is 0 Å². The van der Waals surface area contributed by atoms with Gasteiger partial charge in [-0.05, 0) is 33.0 Å². The molecule has 3 rings (SSSR count). The van der Waals surface area contributed by atoms with Crippen LogP contribution in [0.3, 0.4) is 0 Å². The van der Waals surface area contributed by atoms with Gasteiger partial charge in [-0.3, -0.25) is 4.98 Å². The normalized spacial score (nSPS) is 18.2. The monoisotopic (exact) mass is 216 g/mol. The highest BCUT2D eigenvalue weighted by Crippen LogP contribution is 2.41. The van der Waals surface area contributed by atoms with E-state index in [1.54, 1.807) is 12.4 Å². The van der Waals surface area contributed by atoms with E-state index in [4.69, 9.17) is 0 Å². The molecule has 1 aliphatic carbocycles. The molecule has 0 aromatic carbocycles. The average Bonchev–Trinajstić information content (AvgIpc) is 2.96. The van der Waals surface area contributed by atoms with Gasteiger partial charge in [-0.2, -0.15) is 0 Å². The van der Waals surface area contributed by atoms with Crippen molar-refractivity contribution in [1.82, 2.24) is 19.4 Å². The maximum absolute atomic E-state index is 4.39. The summed E-state index contributed by atoms with van der Waals surface area (Å²) in [5.41, 5.74) is 2.33. The first kappa shape index (κ1) is 9.78. The summed E-state index contributed by atoms with van der Waals surface area (Å²) in [5.74, 6) is 0. The van der Waals surface area contributed by atoms with E-state index in [1.165, 1.54) is 12.8 Å². The summed E-state index contributed by atoms with van der Waals surface area (Å²) < 4.78 is 2.22. The molecule has 16 heavy (non-hydrogen) atoms. The molecule has 2 aromatic rings. The number of hydrogen-bond donors (Lipinski definition) is 0. The Kier molecular flexibility index (Phi) is 2.01. The van der Waals surface area contributed by atoms with E-state index in [0.29, 0.717) is 5.54 Å². The molecule has 4 heteroatoms. The van der Waals surface area contributed by atoms with E-state index in [9.17, 15) is 0 Å². The van der Waals surface area contributed by atoms with Crippen LogP contribution in [0.25, 0.3) is 11.2 Å². The maximum atomic E-state index is 4.39. The highest BCUT2D eigenvalue weighted by atomic mass is 15.2. The Hall–Kier alpha value is -1.42. The summed E-state index contributed by atoms with van der Waals surface area (Å²) in [7, 11) is 4.31. The second-order valence-electron chi connectivity index (χ2n) is 4.83. The van der Waals surface area contributed by atoms with Crippen molar-refractivity contribution < 1.29 is 0 Å². The third kappa shape index (κ3) is 1.41. The molecule has 0 radical (unpaired) electrons. The van der Waals surface area contributed by atoms with Gasteiger partial charge in [0.25, 0.3) is 0 Å². The fourth-order valence-corrected chi connectivity index (χ4v) is 2.25. The Bertz CT molecular complexity index is 510. The summed E-state index contributed by atoms with van der Waals surface area (Å²) in [6, 6.07) is 2.04. The van der Waals surface area contributed by atoms with Crippen LogP contribution in [-0.4, -0.2) is 39.1 Å². The van der Waals surface area contributed by atoms with Gasteiger partial charge in [0.05, 0.1) is 0 Å². The average molecular weight is 216 g/mol. The number of fused-ring (bicyclic) bond motifs is 1. The standard InChI is InChI=1S/C12H16N4/c1-15(2)12(4-5-12)9-16-8-3-10-11(16)14-7-6-13-10/h3,6-8H,4-5,9H2,1-2H3. The van der Waals surface area contributed by atoms with Crippen LogP contribution in [0.15, 0.2) is 24.7 Å². The summed E-state index contributed by atoms with van der Waals surface area (Å²) in [5, 5.41) is 0. The van der Waals surface area contributed by atoms with Crippen LogP contribution in [0.2, 0.25) is 0 Å². The number of nitrogens with zero attached hydrogens (tertiary/aromatic N) is 4. The molecule has 0 amide bonds. The minimum absolute atomic E-state index is 0.351. The van der Waals surface area contributed by atoms with Crippen molar-refractivity contribution in [1.29, 1.82) is 0 Å². The first-order valence-corrected chi connectivity index (χ1v) is 5.65. The zero-order valence-corrected chi connectivity index (χ0v) is 9.72. The Morgan fingerprint density at radius 2 is 2.06 bits per heavy atom. The first-order chi connectivity index (χ1) is 7.71. The minimum atomic E-state index is 0.351. The summed E-state index contributed by atoms with van der Waals surface area (Å²) in [6.07, 6.45) is 8.15. The van der Waals surface area contributed by atoms with Crippen LogP contribution in [0.5, 0.6) is 0 Å². The molecule has 0 spiro atoms. The van der Waals surface area contributed by atoms with Crippen LogP contribution in [0.4, 0.5) is 0 Å². The van der Waals surface area contributed by atoms with Crippen LogP contribution >= 0.6 is 0 Å². The Balaban J connectivity index is 1.95. The van der Waals surface area contributed by atoms with Gasteiger partial charge in [0.15, 0.2) is 5.65 Å². The Labute approximate surface area is 94.9 Å². The molecule has 0 bridgehead atoms. The highest BCUT2D eigenvalue weighted by molar-refractivity contribution is 5.70. The fraction of sp³-hybridized carbons (Fsp3) is 0.500. The lowest BCUT2D eigenvalue weighted by Gasteiger charge is -2.24. The van der Waals surface area contributed by atoms with Crippen LogP contribution in [0.1, 0.15) is 12.8 Å². The molecule has 4 nitrogen and oxygen atoms in total. The number of hydrogen-bond acceptors (Lipinski definition) is 3. The summed E-state index contributed by atoms with van der Waals surface area (Å²) in [6.45, 7) is 1.02. The van der Waals surface area contributed by atoms with Crippen molar-refractivity contribution in [2.75, 3.05) is 14.1 Å². The van der Waals surface area contributed by atoms with Crippen molar-refractivity contribution in [2.24, 2.45) is 0 Å². The molecular weight excluding hydrogens is 200 g/mol. The smallest absolute Gasteiger partial charge is 0.158 e. The van der Waals surface area contributed by atoms with Crippen molar-refractivity contribution in [3.05, 3.63) is 24.7 Å². The van der Waals surface area contributed by atoms with Crippen molar-refractivity contribution >= 4 is 11.2 Å². The van der Waals surface area contributed by atoms with Crippen molar-refractivity contribution in [3.63, 3.8) is 0 Å². The quantitative estimate of drug-likeness (QED) is 0.780. The largest absolute Gasteiger partial charge is 0.329 e. The van der Waals surface area contributed by atoms with E-state index in [-0.39, 0.29) is 0 Å². The lowest BCUT2D eigenvalue weighted by molar-refractivity contribution is 0.243. The van der Waals surface area contributed by atoms with Gasteiger partial charge in [0.1, 0.15) is 5.52 Å². The zero-order chi connectivity index (χ0) is 11.2. The molecule has 0 N–H and O–H groups in total. The predicted octanol–water partition coefficient (Wildman–Crippen LogP) is 1.53. The van der Waals surface area contributed by atoms with Gasteiger partial charge >= 0.3 is 0 Å². The molecule has 1 saturated carbocycles. The number of aromatic nitrogens is 3. The minimum Gasteiger partial charge on any atom is -0.329 e. The molecule has 0 saturated heterocycles. The van der Waals surface area contributed by atoms with Crippen LogP contribution < -0.4 is 0 Å². The zero-order valence-electron chi connectivity index (χ0n) is 9.72. The molecule has 0 aliphatic heterocycles. The van der Waals surface area contributed by atoms with Crippen molar-refractivity contribution in [2.45, 2.75) is 24.9 Å². The Morgan fingerprint density at radius 3 is 2.75 bits per heavy atom. The SMILES string of the molecule is CN(C)C1(Cn2ccc3nccnc32)CC1. The number of likely N-dealkylation sites (N-methyl/N-ethyl adjacent to an activating group) is 1. The van der Waals surface area contributed by atoms with E-state index in [0.717, 1.165) is 17.7 Å². The van der Waals surface area contributed by atoms with Gasteiger partial charge in [0, 0.05) is 30.7 Å². The van der Waals surface area contributed by atoms with Gasteiger partial charge < -0.3 is 9.47 Å². The third-order valence-corrected chi connectivity index (χ3v) is 3.63. The van der Waals surface area contributed by atoms with Gasteiger partial charge in [-0.15, -0.1) is 0 Å². The van der Waals surface area contributed by atoms with Crippen LogP contribution in [0, 0.1) is 0 Å². The Morgan fingerprint density at radius 1 is 1.31 bits per heavy atom. The molecule has 2 heterocycles. The van der Waals surface area contributed by atoms with Crippen LogP contribution in [-0.2, 0) is 6.54 Å². The lowest BCUT2D eigenvalue weighted by Crippen LogP contribution is -2.34. The summed E-state index contributed by atoms with van der Waals surface area (Å²) >= 11 is 0. The third-order valence-electron chi connectivity index (χ3n) is 3.63. The predicted molar refractivity (Wildman–Crippen MR) is 63.2 cm³/mol. The van der Waals surface area contributed by atoms with E-state index in [2.05, 4.69) is 39.7 Å². The van der Waals surface area contributed by atoms with Gasteiger partial charge in [-0.1, -0.05) is 0 Å². The first-order valence-electron chi connectivity index (χ1n) is 5.65. The highest BCUT2D eigenvalue weighted by Gasteiger charge is 2.45. The van der Waals surface area contributed by atoms with Gasteiger partial charge in [0.2, 0.25) is 0 Å². The molecular formula is C12H16N4. The van der Waals surface area contributed by atoms with Crippen molar-refractivity contribution in [3.8, 4) is 0 Å². The van der Waals surface area contributed by atoms with E-state index < -0.39 is 0 Å². The van der Waals surface area contributed by atoms with E-state index in [1.807, 2.05) is 6.07 Å². The topological polar surface area (TPSA) is 34.0 Å². The fourth-order valence-electron chi connectivity index (χ4n) is 2.25. The summed E-state index contributed by atoms with van der Waals surface area (Å²) in [4.78, 5) is 11.0. The van der Waals surface area contributed by atoms with Gasteiger partial charge in [-0.25, -0.2) is 4.98 Å². The molecule has 2 aromatic heterocycles. The second kappa shape index (κ2) is 3.28. The molecule has 0 atom stereocenters. The second-order valence-corrected chi connectivity index (χ2v) is 4.83. The molecule has 1 fully saturated rings. The molecule has 0 unspecified atom stereocenters. The molecule has 84 valence electrons. The number of rotatable bonds is 3. The maximum Gasteiger partial charge on any atom is 0.158 e. The molecule has 1 aliphatic rings.